The third kappa shape index (κ3) is 9.05. The summed E-state index contributed by atoms with van der Waals surface area (Å²) in [5.41, 5.74) is 5.58. The minimum Gasteiger partial charge on any atom is -0.370 e. The number of nitrogens with one attached hydrogen (secondary N) is 2. The zero-order valence-corrected chi connectivity index (χ0v) is 10.1. The second-order valence-corrected chi connectivity index (χ2v) is 3.90. The maximum absolute atomic E-state index is 11.1. The first kappa shape index (κ1) is 14.5. The number of guanidine groups is 1. The first-order chi connectivity index (χ1) is 7.56. The predicted octanol–water partition coefficient (Wildman–Crippen LogP) is 0.239. The highest BCUT2D eigenvalue weighted by Gasteiger charge is 1.98. The molecule has 0 bridgehead atoms. The lowest BCUT2D eigenvalue weighted by Gasteiger charge is -2.07. The van der Waals surface area contributed by atoms with Crippen LogP contribution in [-0.2, 0) is 4.79 Å². The SMILES string of the molecule is C=CCNC(=O)CN=C(N)NCCC(C)C. The lowest BCUT2D eigenvalue weighted by molar-refractivity contribution is -0.119. The van der Waals surface area contributed by atoms with Crippen molar-refractivity contribution >= 4 is 11.9 Å². The zero-order valence-electron chi connectivity index (χ0n) is 10.1. The average Bonchev–Trinajstić information content (AvgIpc) is 2.23. The van der Waals surface area contributed by atoms with Crippen molar-refractivity contribution < 1.29 is 4.79 Å². The molecule has 0 atom stereocenters. The normalized spacial score (nSPS) is 11.3. The minimum atomic E-state index is -0.159. The van der Waals surface area contributed by atoms with Crippen LogP contribution in [0.15, 0.2) is 17.6 Å². The van der Waals surface area contributed by atoms with Gasteiger partial charge in [0.2, 0.25) is 5.91 Å². The fraction of sp³-hybridized carbons (Fsp3) is 0.636. The average molecular weight is 226 g/mol. The quantitative estimate of drug-likeness (QED) is 0.330. The van der Waals surface area contributed by atoms with E-state index in [1.807, 2.05) is 0 Å². The number of rotatable bonds is 7. The molecule has 0 saturated heterocycles. The van der Waals surface area contributed by atoms with E-state index in [1.165, 1.54) is 0 Å². The van der Waals surface area contributed by atoms with Crippen molar-refractivity contribution in [3.63, 3.8) is 0 Å². The molecular formula is C11H22N4O. The van der Waals surface area contributed by atoms with Crippen LogP contribution >= 0.6 is 0 Å². The van der Waals surface area contributed by atoms with E-state index in [0.717, 1.165) is 13.0 Å². The molecule has 5 nitrogen and oxygen atoms in total. The van der Waals surface area contributed by atoms with E-state index in [-0.39, 0.29) is 12.5 Å². The van der Waals surface area contributed by atoms with E-state index in [0.29, 0.717) is 18.4 Å². The van der Waals surface area contributed by atoms with Crippen LogP contribution < -0.4 is 16.4 Å². The molecule has 0 heterocycles. The Morgan fingerprint density at radius 3 is 2.75 bits per heavy atom. The van der Waals surface area contributed by atoms with Crippen LogP contribution in [0.25, 0.3) is 0 Å². The van der Waals surface area contributed by atoms with Gasteiger partial charge in [-0.1, -0.05) is 19.9 Å². The van der Waals surface area contributed by atoms with Gasteiger partial charge in [0.15, 0.2) is 5.96 Å². The van der Waals surface area contributed by atoms with Crippen LogP contribution in [0.4, 0.5) is 0 Å². The number of amides is 1. The molecule has 1 amide bonds. The van der Waals surface area contributed by atoms with Crippen molar-refractivity contribution in [2.45, 2.75) is 20.3 Å². The minimum absolute atomic E-state index is 0.0500. The van der Waals surface area contributed by atoms with E-state index in [9.17, 15) is 4.79 Å². The van der Waals surface area contributed by atoms with Crippen LogP contribution in [0.5, 0.6) is 0 Å². The number of nitrogens with two attached hydrogens (primary N) is 1. The molecule has 0 aliphatic heterocycles. The number of carbonyl (C=O) groups is 1. The van der Waals surface area contributed by atoms with Crippen molar-refractivity contribution in [2.24, 2.45) is 16.6 Å². The van der Waals surface area contributed by atoms with E-state index in [2.05, 4.69) is 36.1 Å². The van der Waals surface area contributed by atoms with Crippen LogP contribution in [0.3, 0.4) is 0 Å². The second kappa shape index (κ2) is 8.76. The van der Waals surface area contributed by atoms with Crippen molar-refractivity contribution in [1.29, 1.82) is 0 Å². The third-order valence-corrected chi connectivity index (χ3v) is 1.86. The first-order valence-electron chi connectivity index (χ1n) is 5.47. The van der Waals surface area contributed by atoms with Crippen molar-refractivity contribution in [3.8, 4) is 0 Å². The summed E-state index contributed by atoms with van der Waals surface area (Å²) in [5, 5.41) is 5.57. The van der Waals surface area contributed by atoms with E-state index < -0.39 is 0 Å². The van der Waals surface area contributed by atoms with Gasteiger partial charge >= 0.3 is 0 Å². The molecule has 0 rings (SSSR count). The Balaban J connectivity index is 3.68. The maximum Gasteiger partial charge on any atom is 0.242 e. The zero-order chi connectivity index (χ0) is 12.4. The lowest BCUT2D eigenvalue weighted by atomic mass is 10.1. The summed E-state index contributed by atoms with van der Waals surface area (Å²) in [6, 6.07) is 0. The summed E-state index contributed by atoms with van der Waals surface area (Å²) >= 11 is 0. The number of hydrogen-bond donors (Lipinski definition) is 3. The van der Waals surface area contributed by atoms with Gasteiger partial charge in [0.25, 0.3) is 0 Å². The summed E-state index contributed by atoms with van der Waals surface area (Å²) in [6.07, 6.45) is 2.64. The molecule has 0 aliphatic rings. The van der Waals surface area contributed by atoms with E-state index in [1.54, 1.807) is 6.08 Å². The Labute approximate surface area is 97.2 Å². The summed E-state index contributed by atoms with van der Waals surface area (Å²) in [4.78, 5) is 15.0. The molecule has 0 unspecified atom stereocenters. The molecular weight excluding hydrogens is 204 g/mol. The van der Waals surface area contributed by atoms with Crippen molar-refractivity contribution in [3.05, 3.63) is 12.7 Å². The topological polar surface area (TPSA) is 79.5 Å². The Morgan fingerprint density at radius 2 is 2.19 bits per heavy atom. The number of nitrogens with zero attached hydrogens (tertiary/aromatic N) is 1. The van der Waals surface area contributed by atoms with E-state index >= 15 is 0 Å². The Kier molecular flexibility index (Phi) is 7.93. The Hall–Kier alpha value is -1.52. The van der Waals surface area contributed by atoms with Gasteiger partial charge in [-0.05, 0) is 12.3 Å². The highest BCUT2D eigenvalue weighted by Crippen LogP contribution is 1.95. The fourth-order valence-electron chi connectivity index (χ4n) is 0.944. The maximum atomic E-state index is 11.1. The smallest absolute Gasteiger partial charge is 0.242 e. The van der Waals surface area contributed by atoms with Gasteiger partial charge < -0.3 is 16.4 Å². The molecule has 0 aliphatic carbocycles. The van der Waals surface area contributed by atoms with E-state index in [4.69, 9.17) is 5.73 Å². The molecule has 0 saturated carbocycles. The third-order valence-electron chi connectivity index (χ3n) is 1.86. The van der Waals surface area contributed by atoms with Crippen molar-refractivity contribution in [2.75, 3.05) is 19.6 Å². The molecule has 5 heteroatoms. The highest BCUT2D eigenvalue weighted by atomic mass is 16.1. The number of aliphatic imine (C=N–C) groups is 1. The summed E-state index contributed by atoms with van der Waals surface area (Å²) < 4.78 is 0. The van der Waals surface area contributed by atoms with Crippen LogP contribution in [0, 0.1) is 5.92 Å². The lowest BCUT2D eigenvalue weighted by Crippen LogP contribution is -2.34. The fourth-order valence-corrected chi connectivity index (χ4v) is 0.944. The molecule has 16 heavy (non-hydrogen) atoms. The second-order valence-electron chi connectivity index (χ2n) is 3.90. The van der Waals surface area contributed by atoms with Gasteiger partial charge in [-0.15, -0.1) is 6.58 Å². The molecule has 0 radical (unpaired) electrons. The molecule has 92 valence electrons. The Bertz CT molecular complexity index is 248. The Morgan fingerprint density at radius 1 is 1.50 bits per heavy atom. The van der Waals surface area contributed by atoms with Crippen LogP contribution in [-0.4, -0.2) is 31.5 Å². The first-order valence-corrected chi connectivity index (χ1v) is 5.47. The largest absolute Gasteiger partial charge is 0.370 e. The van der Waals surface area contributed by atoms with Gasteiger partial charge in [-0.3, -0.25) is 4.79 Å². The molecule has 0 fully saturated rings. The van der Waals surface area contributed by atoms with Crippen LogP contribution in [0.2, 0.25) is 0 Å². The standard InChI is InChI=1S/C11H22N4O/c1-4-6-13-10(16)8-15-11(12)14-7-5-9(2)3/h4,9H,1,5-8H2,2-3H3,(H,13,16)(H3,12,14,15). The van der Waals surface area contributed by atoms with Crippen molar-refractivity contribution in [1.82, 2.24) is 10.6 Å². The van der Waals surface area contributed by atoms with Gasteiger partial charge in [-0.2, -0.15) is 0 Å². The summed E-state index contributed by atoms with van der Waals surface area (Å²) in [7, 11) is 0. The monoisotopic (exact) mass is 226 g/mol. The highest BCUT2D eigenvalue weighted by molar-refractivity contribution is 5.83. The molecule has 0 spiro atoms. The van der Waals surface area contributed by atoms with Crippen LogP contribution in [0.1, 0.15) is 20.3 Å². The molecule has 0 aromatic rings. The summed E-state index contributed by atoms with van der Waals surface area (Å²) in [5.74, 6) is 0.777. The van der Waals surface area contributed by atoms with Gasteiger partial charge in [0.1, 0.15) is 6.54 Å². The molecule has 4 N–H and O–H groups in total. The summed E-state index contributed by atoms with van der Waals surface area (Å²) in [6.45, 7) is 9.05. The van der Waals surface area contributed by atoms with Gasteiger partial charge in [-0.25, -0.2) is 4.99 Å². The molecule has 0 aromatic heterocycles. The van der Waals surface area contributed by atoms with Gasteiger partial charge in [0, 0.05) is 13.1 Å². The number of carbonyl (C=O) groups excluding carboxylic acids is 1. The molecule has 0 aromatic carbocycles. The number of hydrogen-bond acceptors (Lipinski definition) is 2. The predicted molar refractivity (Wildman–Crippen MR) is 67.2 cm³/mol. The van der Waals surface area contributed by atoms with Gasteiger partial charge in [0.05, 0.1) is 0 Å².